The number of amides is 1. The number of aliphatic hydroxyl groups is 1. The van der Waals surface area contributed by atoms with E-state index in [1.807, 2.05) is 6.07 Å². The first-order valence-corrected chi connectivity index (χ1v) is 11.6. The van der Waals surface area contributed by atoms with Crippen molar-refractivity contribution >= 4 is 40.7 Å². The van der Waals surface area contributed by atoms with Gasteiger partial charge >= 0.3 is 6.09 Å². The fourth-order valence-corrected chi connectivity index (χ4v) is 3.24. The van der Waals surface area contributed by atoms with E-state index in [2.05, 4.69) is 25.9 Å². The smallest absolute Gasteiger partial charge is 0.407 e. The molecule has 1 amide bonds. The van der Waals surface area contributed by atoms with Crippen molar-refractivity contribution in [3.63, 3.8) is 0 Å². The van der Waals surface area contributed by atoms with Crippen LogP contribution in [0.15, 0.2) is 48.8 Å². The maximum atomic E-state index is 11.8. The highest BCUT2D eigenvalue weighted by Gasteiger charge is 2.15. The van der Waals surface area contributed by atoms with E-state index in [0.717, 1.165) is 5.69 Å². The van der Waals surface area contributed by atoms with Gasteiger partial charge < -0.3 is 35.3 Å². The van der Waals surface area contributed by atoms with Gasteiger partial charge in [0.1, 0.15) is 30.2 Å². The monoisotopic (exact) mass is 515 g/mol. The Labute approximate surface area is 215 Å². The average Bonchev–Trinajstić information content (AvgIpc) is 2.82. The van der Waals surface area contributed by atoms with Crippen molar-refractivity contribution in [2.24, 2.45) is 0 Å². The summed E-state index contributed by atoms with van der Waals surface area (Å²) in [5, 5.41) is 18.9. The third-order valence-corrected chi connectivity index (χ3v) is 4.99. The van der Waals surface area contributed by atoms with Crippen LogP contribution in [0.4, 0.5) is 27.8 Å². The fraction of sp³-hybridized carbons (Fsp3) is 0.320. The molecule has 192 valence electrons. The van der Waals surface area contributed by atoms with E-state index in [9.17, 15) is 9.90 Å². The van der Waals surface area contributed by atoms with Gasteiger partial charge in [0.2, 0.25) is 0 Å². The first-order chi connectivity index (χ1) is 17.2. The van der Waals surface area contributed by atoms with Crippen molar-refractivity contribution < 1.29 is 24.1 Å². The first-order valence-electron chi connectivity index (χ1n) is 11.2. The number of carbonyl (C=O) groups excluding carboxylic acids is 1. The molecule has 0 aliphatic carbocycles. The molecule has 36 heavy (non-hydrogen) atoms. The Hall–Kier alpha value is -3.76. The number of anilines is 4. The molecule has 0 spiro atoms. The molecule has 0 fully saturated rings. The second-order valence-corrected chi connectivity index (χ2v) is 9.05. The maximum Gasteiger partial charge on any atom is 0.407 e. The van der Waals surface area contributed by atoms with Gasteiger partial charge in [-0.25, -0.2) is 14.8 Å². The molecule has 0 atom stereocenters. The van der Waals surface area contributed by atoms with Gasteiger partial charge in [0, 0.05) is 28.5 Å². The number of halogens is 1. The second-order valence-electron chi connectivity index (χ2n) is 8.65. The van der Waals surface area contributed by atoms with Crippen LogP contribution in [0.2, 0.25) is 5.02 Å². The molecule has 0 aliphatic rings. The van der Waals surface area contributed by atoms with Gasteiger partial charge in [0.15, 0.2) is 11.5 Å². The van der Waals surface area contributed by atoms with Crippen LogP contribution >= 0.6 is 11.6 Å². The van der Waals surface area contributed by atoms with Gasteiger partial charge in [-0.15, -0.1) is 0 Å². The van der Waals surface area contributed by atoms with E-state index in [1.54, 1.807) is 64.3 Å². The highest BCUT2D eigenvalue weighted by Crippen LogP contribution is 2.31. The topological polar surface area (TPSA) is 127 Å². The lowest BCUT2D eigenvalue weighted by molar-refractivity contribution is 0.0520. The number of hydrogen-bond donors (Lipinski definition) is 4. The van der Waals surface area contributed by atoms with Crippen molar-refractivity contribution in [1.29, 1.82) is 0 Å². The predicted octanol–water partition coefficient (Wildman–Crippen LogP) is 5.02. The molecule has 2 aromatic carbocycles. The lowest BCUT2D eigenvalue weighted by atomic mass is 10.2. The molecule has 10 nitrogen and oxygen atoms in total. The zero-order valence-corrected chi connectivity index (χ0v) is 21.3. The molecule has 11 heteroatoms. The molecule has 0 radical (unpaired) electrons. The Kier molecular flexibility index (Phi) is 9.15. The average molecular weight is 516 g/mol. The summed E-state index contributed by atoms with van der Waals surface area (Å²) in [6.45, 7) is 5.72. The molecular formula is C25H30ClN5O5. The van der Waals surface area contributed by atoms with Crippen molar-refractivity contribution in [2.75, 3.05) is 30.9 Å². The van der Waals surface area contributed by atoms with Crippen LogP contribution in [0.3, 0.4) is 0 Å². The number of benzene rings is 2. The summed E-state index contributed by atoms with van der Waals surface area (Å²) < 4.78 is 16.4. The number of carbonyl (C=O) groups is 1. The van der Waals surface area contributed by atoms with Crippen LogP contribution < -0.4 is 25.4 Å². The Morgan fingerprint density at radius 3 is 2.31 bits per heavy atom. The SMILES string of the molecule is COc1ccc(Nc2cc(Nc3ccc(Cl)c(CO)c3)ncn2)cc1OCCNC(=O)OC(C)(C)C. The fourth-order valence-electron chi connectivity index (χ4n) is 3.06. The van der Waals surface area contributed by atoms with Crippen LogP contribution in [0, 0.1) is 0 Å². The minimum Gasteiger partial charge on any atom is -0.493 e. The second kappa shape index (κ2) is 12.3. The van der Waals surface area contributed by atoms with E-state index in [1.165, 1.54) is 6.33 Å². The number of hydrogen-bond acceptors (Lipinski definition) is 9. The zero-order valence-electron chi connectivity index (χ0n) is 20.6. The predicted molar refractivity (Wildman–Crippen MR) is 139 cm³/mol. The molecule has 1 heterocycles. The first kappa shape index (κ1) is 26.8. The lowest BCUT2D eigenvalue weighted by Gasteiger charge is -2.19. The van der Waals surface area contributed by atoms with Crippen LogP contribution in [0.1, 0.15) is 26.3 Å². The van der Waals surface area contributed by atoms with E-state index in [-0.39, 0.29) is 19.8 Å². The van der Waals surface area contributed by atoms with Crippen molar-refractivity contribution in [3.8, 4) is 11.5 Å². The summed E-state index contributed by atoms with van der Waals surface area (Å²) in [5.74, 6) is 2.15. The summed E-state index contributed by atoms with van der Waals surface area (Å²) in [7, 11) is 1.55. The Morgan fingerprint density at radius 1 is 1.00 bits per heavy atom. The highest BCUT2D eigenvalue weighted by molar-refractivity contribution is 6.31. The van der Waals surface area contributed by atoms with Gasteiger partial charge in [0.25, 0.3) is 0 Å². The van der Waals surface area contributed by atoms with E-state index >= 15 is 0 Å². The highest BCUT2D eigenvalue weighted by atomic mass is 35.5. The van der Waals surface area contributed by atoms with Gasteiger partial charge in [0.05, 0.1) is 20.3 Å². The molecule has 4 N–H and O–H groups in total. The van der Waals surface area contributed by atoms with Crippen molar-refractivity contribution in [1.82, 2.24) is 15.3 Å². The normalized spacial score (nSPS) is 10.9. The third kappa shape index (κ3) is 8.17. The number of nitrogens with zero attached hydrogens (tertiary/aromatic N) is 2. The Morgan fingerprint density at radius 2 is 1.67 bits per heavy atom. The molecule has 0 saturated heterocycles. The molecule has 3 rings (SSSR count). The molecular weight excluding hydrogens is 486 g/mol. The van der Waals surface area contributed by atoms with Crippen LogP contribution in [0.5, 0.6) is 11.5 Å². The number of nitrogens with one attached hydrogen (secondary N) is 3. The van der Waals surface area contributed by atoms with E-state index in [0.29, 0.717) is 39.4 Å². The summed E-state index contributed by atoms with van der Waals surface area (Å²) >= 11 is 6.06. The van der Waals surface area contributed by atoms with Crippen molar-refractivity contribution in [2.45, 2.75) is 33.0 Å². The van der Waals surface area contributed by atoms with Gasteiger partial charge in [-0.2, -0.15) is 0 Å². The minimum atomic E-state index is -0.568. The number of ether oxygens (including phenoxy) is 3. The molecule has 1 aromatic heterocycles. The maximum absolute atomic E-state index is 11.8. The quantitative estimate of drug-likeness (QED) is 0.275. The van der Waals surface area contributed by atoms with Gasteiger partial charge in [-0.1, -0.05) is 11.6 Å². The lowest BCUT2D eigenvalue weighted by Crippen LogP contribution is -2.34. The Balaban J connectivity index is 1.63. The summed E-state index contributed by atoms with van der Waals surface area (Å²) in [6, 6.07) is 12.4. The van der Waals surface area contributed by atoms with Crippen LogP contribution in [-0.4, -0.2) is 47.0 Å². The molecule has 0 bridgehead atoms. The van der Waals surface area contributed by atoms with E-state index < -0.39 is 11.7 Å². The molecule has 0 aliphatic heterocycles. The number of rotatable bonds is 10. The summed E-state index contributed by atoms with van der Waals surface area (Å²) in [5.41, 5.74) is 1.49. The van der Waals surface area contributed by atoms with Crippen LogP contribution in [0.25, 0.3) is 0 Å². The molecule has 3 aromatic rings. The van der Waals surface area contributed by atoms with E-state index in [4.69, 9.17) is 25.8 Å². The van der Waals surface area contributed by atoms with Crippen LogP contribution in [-0.2, 0) is 11.3 Å². The summed E-state index contributed by atoms with van der Waals surface area (Å²) in [4.78, 5) is 20.3. The molecule has 0 unspecified atom stereocenters. The number of aliphatic hydroxyl groups excluding tert-OH is 1. The molecule has 0 saturated carbocycles. The third-order valence-electron chi connectivity index (χ3n) is 4.62. The summed E-state index contributed by atoms with van der Waals surface area (Å²) in [6.07, 6.45) is 0.921. The number of aromatic nitrogens is 2. The van der Waals surface area contributed by atoms with Gasteiger partial charge in [-0.05, 0) is 56.7 Å². The zero-order chi connectivity index (χ0) is 26.1. The van der Waals surface area contributed by atoms with Gasteiger partial charge in [-0.3, -0.25) is 0 Å². The van der Waals surface area contributed by atoms with Crippen molar-refractivity contribution in [3.05, 3.63) is 59.4 Å². The largest absolute Gasteiger partial charge is 0.493 e. The number of methoxy groups -OCH3 is 1. The minimum absolute atomic E-state index is 0.163. The standard InChI is InChI=1S/C25H30ClN5O5/c1-25(2,3)36-24(33)27-9-10-35-21-12-18(6-8-20(21)34-4)31-23-13-22(28-15-29-23)30-17-5-7-19(26)16(11-17)14-32/h5-8,11-13,15,32H,9-10,14H2,1-4H3,(H,27,33)(H2,28,29,30,31). The Bertz CT molecular complexity index is 1190. The number of alkyl carbamates (subject to hydrolysis) is 1.